The second-order valence-corrected chi connectivity index (χ2v) is 5.43. The Kier molecular flexibility index (Phi) is 4.71. The molecular weight excluding hydrogens is 228 g/mol. The fourth-order valence-corrected chi connectivity index (χ4v) is 2.53. The van der Waals surface area contributed by atoms with Crippen LogP contribution in [0.25, 0.3) is 0 Å². The molecule has 0 amide bonds. The van der Waals surface area contributed by atoms with Gasteiger partial charge in [0.05, 0.1) is 5.01 Å². The van der Waals surface area contributed by atoms with Gasteiger partial charge in [-0.1, -0.05) is 30.3 Å². The van der Waals surface area contributed by atoms with Crippen LogP contribution in [-0.2, 0) is 13.0 Å². The molecule has 2 nitrogen and oxygen atoms in total. The molecule has 0 aliphatic carbocycles. The lowest BCUT2D eigenvalue weighted by atomic mass is 10.1. The molecule has 1 aromatic heterocycles. The Hall–Kier alpha value is -1.19. The van der Waals surface area contributed by atoms with Crippen molar-refractivity contribution in [3.05, 3.63) is 52.0 Å². The van der Waals surface area contributed by atoms with E-state index in [1.807, 2.05) is 13.1 Å². The summed E-state index contributed by atoms with van der Waals surface area (Å²) < 4.78 is 0. The van der Waals surface area contributed by atoms with E-state index in [0.717, 1.165) is 24.5 Å². The maximum Gasteiger partial charge on any atom is 0.0897 e. The molecule has 0 unspecified atom stereocenters. The molecule has 17 heavy (non-hydrogen) atoms. The molecule has 0 saturated carbocycles. The van der Waals surface area contributed by atoms with Crippen molar-refractivity contribution in [2.45, 2.75) is 26.3 Å². The van der Waals surface area contributed by atoms with Crippen LogP contribution >= 0.6 is 11.3 Å². The molecular formula is C14H18N2S. The molecule has 0 saturated heterocycles. The highest BCUT2D eigenvalue weighted by molar-refractivity contribution is 7.11. The summed E-state index contributed by atoms with van der Waals surface area (Å²) in [4.78, 5) is 5.56. The van der Waals surface area contributed by atoms with Gasteiger partial charge in [0.15, 0.2) is 0 Å². The van der Waals surface area contributed by atoms with Crippen LogP contribution in [0.1, 0.15) is 21.9 Å². The van der Waals surface area contributed by atoms with E-state index in [1.54, 1.807) is 11.3 Å². The number of nitrogens with zero attached hydrogens (tertiary/aromatic N) is 1. The van der Waals surface area contributed by atoms with E-state index in [9.17, 15) is 0 Å². The van der Waals surface area contributed by atoms with Gasteiger partial charge >= 0.3 is 0 Å². The summed E-state index contributed by atoms with van der Waals surface area (Å²) in [7, 11) is 0. The molecule has 1 N–H and O–H groups in total. The van der Waals surface area contributed by atoms with Crippen LogP contribution < -0.4 is 5.32 Å². The lowest BCUT2D eigenvalue weighted by Crippen LogP contribution is -2.14. The van der Waals surface area contributed by atoms with Gasteiger partial charge in [0.1, 0.15) is 0 Å². The average molecular weight is 246 g/mol. The number of thiazole rings is 1. The molecule has 0 bridgehead atoms. The highest BCUT2D eigenvalue weighted by atomic mass is 32.1. The molecule has 0 atom stereocenters. The predicted octanol–water partition coefficient (Wildman–Crippen LogP) is 3.17. The zero-order valence-electron chi connectivity index (χ0n) is 10.1. The van der Waals surface area contributed by atoms with Gasteiger partial charge in [-0.2, -0.15) is 0 Å². The third-order valence-corrected chi connectivity index (χ3v) is 3.54. The summed E-state index contributed by atoms with van der Waals surface area (Å²) in [6, 6.07) is 10.6. The Morgan fingerprint density at radius 3 is 2.76 bits per heavy atom. The molecule has 0 aliphatic heterocycles. The van der Waals surface area contributed by atoms with E-state index >= 15 is 0 Å². The normalized spacial score (nSPS) is 10.6. The monoisotopic (exact) mass is 246 g/mol. The first kappa shape index (κ1) is 12.3. The molecule has 0 fully saturated rings. The Bertz CT molecular complexity index is 436. The van der Waals surface area contributed by atoms with Gasteiger partial charge in [-0.3, -0.25) is 0 Å². The zero-order valence-corrected chi connectivity index (χ0v) is 11.0. The standard InChI is InChI=1S/C14H18N2S/c1-12-16-11-14(17-12)10-15-9-5-8-13-6-3-2-4-7-13/h2-4,6-7,11,15H,5,8-10H2,1H3. The summed E-state index contributed by atoms with van der Waals surface area (Å²) in [5.41, 5.74) is 1.42. The van der Waals surface area contributed by atoms with Crippen molar-refractivity contribution in [1.82, 2.24) is 10.3 Å². The van der Waals surface area contributed by atoms with Gasteiger partial charge in [0.2, 0.25) is 0 Å². The van der Waals surface area contributed by atoms with Crippen molar-refractivity contribution in [3.63, 3.8) is 0 Å². The van der Waals surface area contributed by atoms with E-state index in [1.165, 1.54) is 16.9 Å². The van der Waals surface area contributed by atoms with Crippen LogP contribution in [-0.4, -0.2) is 11.5 Å². The van der Waals surface area contributed by atoms with E-state index in [-0.39, 0.29) is 0 Å². The SMILES string of the molecule is Cc1ncc(CNCCCc2ccccc2)s1. The Balaban J connectivity index is 1.61. The quantitative estimate of drug-likeness (QED) is 0.792. The number of aromatic nitrogens is 1. The Morgan fingerprint density at radius 1 is 1.24 bits per heavy atom. The minimum atomic E-state index is 0.945. The number of hydrogen-bond acceptors (Lipinski definition) is 3. The van der Waals surface area contributed by atoms with Crippen molar-refractivity contribution in [2.75, 3.05) is 6.54 Å². The molecule has 0 radical (unpaired) electrons. The molecule has 0 aliphatic rings. The largest absolute Gasteiger partial charge is 0.312 e. The Labute approximate surface area is 107 Å². The van der Waals surface area contributed by atoms with Gasteiger partial charge < -0.3 is 5.32 Å². The maximum atomic E-state index is 4.24. The molecule has 1 aromatic carbocycles. The lowest BCUT2D eigenvalue weighted by Gasteiger charge is -2.03. The van der Waals surface area contributed by atoms with Gasteiger partial charge in [0.25, 0.3) is 0 Å². The van der Waals surface area contributed by atoms with Crippen molar-refractivity contribution in [3.8, 4) is 0 Å². The van der Waals surface area contributed by atoms with E-state index in [4.69, 9.17) is 0 Å². The molecule has 2 aromatic rings. The van der Waals surface area contributed by atoms with Gasteiger partial charge in [-0.05, 0) is 31.9 Å². The number of benzene rings is 1. The van der Waals surface area contributed by atoms with Crippen LogP contribution in [0.3, 0.4) is 0 Å². The summed E-state index contributed by atoms with van der Waals surface area (Å²) in [5.74, 6) is 0. The topological polar surface area (TPSA) is 24.9 Å². The van der Waals surface area contributed by atoms with Crippen LogP contribution in [0.15, 0.2) is 36.5 Å². The van der Waals surface area contributed by atoms with E-state index in [0.29, 0.717) is 0 Å². The highest BCUT2D eigenvalue weighted by Crippen LogP contribution is 2.10. The number of hydrogen-bond donors (Lipinski definition) is 1. The van der Waals surface area contributed by atoms with Gasteiger partial charge in [-0.25, -0.2) is 4.98 Å². The molecule has 2 rings (SSSR count). The minimum Gasteiger partial charge on any atom is -0.312 e. The molecule has 3 heteroatoms. The minimum absolute atomic E-state index is 0.945. The van der Waals surface area contributed by atoms with E-state index in [2.05, 4.69) is 40.6 Å². The van der Waals surface area contributed by atoms with Crippen molar-refractivity contribution in [2.24, 2.45) is 0 Å². The fourth-order valence-electron chi connectivity index (χ4n) is 1.76. The third-order valence-electron chi connectivity index (χ3n) is 2.63. The van der Waals surface area contributed by atoms with Crippen molar-refractivity contribution < 1.29 is 0 Å². The average Bonchev–Trinajstić information content (AvgIpc) is 2.76. The highest BCUT2D eigenvalue weighted by Gasteiger charge is 1.97. The fraction of sp³-hybridized carbons (Fsp3) is 0.357. The predicted molar refractivity (Wildman–Crippen MR) is 73.3 cm³/mol. The zero-order chi connectivity index (χ0) is 11.9. The van der Waals surface area contributed by atoms with Gasteiger partial charge in [-0.15, -0.1) is 11.3 Å². The van der Waals surface area contributed by atoms with Crippen LogP contribution in [0, 0.1) is 6.92 Å². The number of nitrogens with one attached hydrogen (secondary N) is 1. The van der Waals surface area contributed by atoms with Crippen molar-refractivity contribution >= 4 is 11.3 Å². The Morgan fingerprint density at radius 2 is 2.06 bits per heavy atom. The van der Waals surface area contributed by atoms with Crippen LogP contribution in [0.4, 0.5) is 0 Å². The summed E-state index contributed by atoms with van der Waals surface area (Å²) in [6.07, 6.45) is 4.29. The maximum absolute atomic E-state index is 4.24. The smallest absolute Gasteiger partial charge is 0.0897 e. The third kappa shape index (κ3) is 4.29. The molecule has 1 heterocycles. The second kappa shape index (κ2) is 6.52. The van der Waals surface area contributed by atoms with E-state index < -0.39 is 0 Å². The van der Waals surface area contributed by atoms with Crippen molar-refractivity contribution in [1.29, 1.82) is 0 Å². The lowest BCUT2D eigenvalue weighted by molar-refractivity contribution is 0.654. The first-order valence-corrected chi connectivity index (χ1v) is 6.82. The molecule has 0 spiro atoms. The first-order chi connectivity index (χ1) is 8.34. The summed E-state index contributed by atoms with van der Waals surface area (Å²) in [6.45, 7) is 4.05. The second-order valence-electron chi connectivity index (χ2n) is 4.11. The number of aryl methyl sites for hydroxylation is 2. The van der Waals surface area contributed by atoms with Gasteiger partial charge in [0, 0.05) is 17.6 Å². The van der Waals surface area contributed by atoms with Crippen LogP contribution in [0.5, 0.6) is 0 Å². The number of rotatable bonds is 6. The summed E-state index contributed by atoms with van der Waals surface area (Å²) >= 11 is 1.77. The summed E-state index contributed by atoms with van der Waals surface area (Å²) in [5, 5.41) is 4.60. The molecule has 90 valence electrons. The first-order valence-electron chi connectivity index (χ1n) is 6.00. The van der Waals surface area contributed by atoms with Crippen LogP contribution in [0.2, 0.25) is 0 Å².